The molecule has 0 radical (unpaired) electrons. The Morgan fingerprint density at radius 2 is 1.53 bits per heavy atom. The van der Waals surface area contributed by atoms with Crippen molar-refractivity contribution in [1.82, 2.24) is 5.32 Å². The lowest BCUT2D eigenvalue weighted by Crippen LogP contribution is -2.34. The molecule has 4 rings (SSSR count). The molecule has 1 N–H and O–H groups in total. The fraction of sp³-hybridized carbons (Fsp3) is 0.360. The molecule has 1 heterocycles. The molecule has 2 aromatic rings. The molecule has 2 fully saturated rings. The maximum Gasteiger partial charge on any atom is 0.338 e. The van der Waals surface area contributed by atoms with E-state index in [2.05, 4.69) is 5.32 Å². The number of nitrogens with one attached hydrogen (secondary N) is 1. The molecule has 9 heteroatoms. The number of imide groups is 1. The van der Waals surface area contributed by atoms with Gasteiger partial charge in [0.2, 0.25) is 11.8 Å². The van der Waals surface area contributed by atoms with Crippen LogP contribution in [0.4, 0.5) is 5.69 Å². The van der Waals surface area contributed by atoms with Crippen molar-refractivity contribution in [1.29, 1.82) is 0 Å². The van der Waals surface area contributed by atoms with Gasteiger partial charge in [-0.1, -0.05) is 30.3 Å². The molecule has 1 saturated carbocycles. The van der Waals surface area contributed by atoms with Crippen molar-refractivity contribution in [3.05, 3.63) is 65.7 Å². The average molecular weight is 503 g/mol. The first-order valence-corrected chi connectivity index (χ1v) is 11.9. The number of rotatable bonds is 6. The van der Waals surface area contributed by atoms with E-state index in [-0.39, 0.29) is 34.2 Å². The SMILES string of the molecule is C[C@H](NC(=O)COC(=O)c1ccc(N2C(=O)[C@H]3C[C@@H](Cl)[C@@H](Cl)C[C@H]3C2=O)cc1)c1ccccc1. The van der Waals surface area contributed by atoms with Crippen LogP contribution < -0.4 is 10.2 Å². The molecule has 1 aliphatic carbocycles. The van der Waals surface area contributed by atoms with Gasteiger partial charge in [-0.15, -0.1) is 23.2 Å². The number of hydrogen-bond donors (Lipinski definition) is 1. The highest BCUT2D eigenvalue weighted by atomic mass is 35.5. The third-order valence-electron chi connectivity index (χ3n) is 6.28. The van der Waals surface area contributed by atoms with Crippen LogP contribution in [0.25, 0.3) is 0 Å². The van der Waals surface area contributed by atoms with Crippen LogP contribution in [0.2, 0.25) is 0 Å². The Bertz CT molecular complexity index is 1060. The van der Waals surface area contributed by atoms with Crippen LogP contribution in [0.15, 0.2) is 54.6 Å². The van der Waals surface area contributed by atoms with Crippen molar-refractivity contribution < 1.29 is 23.9 Å². The molecule has 7 nitrogen and oxygen atoms in total. The lowest BCUT2D eigenvalue weighted by atomic mass is 9.80. The number of esters is 1. The second kappa shape index (κ2) is 10.2. The van der Waals surface area contributed by atoms with Gasteiger partial charge in [-0.25, -0.2) is 4.79 Å². The van der Waals surface area contributed by atoms with E-state index in [9.17, 15) is 19.2 Å². The van der Waals surface area contributed by atoms with E-state index < -0.39 is 30.3 Å². The highest BCUT2D eigenvalue weighted by Crippen LogP contribution is 2.43. The van der Waals surface area contributed by atoms with Crippen molar-refractivity contribution in [2.75, 3.05) is 11.5 Å². The summed E-state index contributed by atoms with van der Waals surface area (Å²) in [6, 6.07) is 15.1. The minimum absolute atomic E-state index is 0.200. The van der Waals surface area contributed by atoms with E-state index in [0.29, 0.717) is 18.5 Å². The lowest BCUT2D eigenvalue weighted by Gasteiger charge is -2.28. The van der Waals surface area contributed by atoms with E-state index >= 15 is 0 Å². The van der Waals surface area contributed by atoms with Gasteiger partial charge in [0.15, 0.2) is 6.61 Å². The Morgan fingerprint density at radius 3 is 2.09 bits per heavy atom. The molecular formula is C25H24Cl2N2O5. The average Bonchev–Trinajstić information content (AvgIpc) is 3.07. The van der Waals surface area contributed by atoms with Gasteiger partial charge in [-0.2, -0.15) is 0 Å². The Balaban J connectivity index is 1.34. The molecule has 2 aliphatic rings. The molecule has 34 heavy (non-hydrogen) atoms. The second-order valence-electron chi connectivity index (χ2n) is 8.55. The molecule has 0 bridgehead atoms. The van der Waals surface area contributed by atoms with E-state index in [4.69, 9.17) is 27.9 Å². The summed E-state index contributed by atoms with van der Waals surface area (Å²) in [5.74, 6) is -2.67. The van der Waals surface area contributed by atoms with Crippen LogP contribution in [0.5, 0.6) is 0 Å². The van der Waals surface area contributed by atoms with E-state index in [1.54, 1.807) is 0 Å². The maximum atomic E-state index is 12.9. The number of hydrogen-bond acceptors (Lipinski definition) is 5. The first-order chi connectivity index (χ1) is 16.3. The standard InChI is InChI=1S/C25H24Cl2N2O5/c1-14(15-5-3-2-4-6-15)28-22(30)13-34-25(33)16-7-9-17(10-8-16)29-23(31)18-11-20(26)21(27)12-19(18)24(29)32/h2-10,14,18-21H,11-13H2,1H3,(H,28,30)/t14-,18-,19+,20+,21-/m0/s1. The summed E-state index contributed by atoms with van der Waals surface area (Å²) in [6.45, 7) is 1.41. The van der Waals surface area contributed by atoms with Gasteiger partial charge in [-0.3, -0.25) is 19.3 Å². The summed E-state index contributed by atoms with van der Waals surface area (Å²) in [6.07, 6.45) is 0.716. The number of halogens is 2. The number of carbonyl (C=O) groups excluding carboxylic acids is 4. The number of benzene rings is 2. The normalized spacial score (nSPS) is 25.0. The largest absolute Gasteiger partial charge is 0.452 e. The smallest absolute Gasteiger partial charge is 0.338 e. The molecule has 1 saturated heterocycles. The molecule has 1 aliphatic heterocycles. The summed E-state index contributed by atoms with van der Waals surface area (Å²) in [7, 11) is 0. The number of carbonyl (C=O) groups is 4. The second-order valence-corrected chi connectivity index (χ2v) is 9.67. The molecule has 5 atom stereocenters. The molecule has 3 amide bonds. The first kappa shape index (κ1) is 24.2. The van der Waals surface area contributed by atoms with Crippen LogP contribution in [-0.2, 0) is 19.1 Å². The summed E-state index contributed by atoms with van der Waals surface area (Å²) in [5, 5.41) is 2.06. The first-order valence-electron chi connectivity index (χ1n) is 11.0. The zero-order chi connectivity index (χ0) is 24.4. The third kappa shape index (κ3) is 4.95. The van der Waals surface area contributed by atoms with Gasteiger partial charge >= 0.3 is 5.97 Å². The van der Waals surface area contributed by atoms with Crippen LogP contribution in [0, 0.1) is 11.8 Å². The molecule has 0 aromatic heterocycles. The van der Waals surface area contributed by atoms with E-state index in [0.717, 1.165) is 10.5 Å². The van der Waals surface area contributed by atoms with Crippen LogP contribution >= 0.6 is 23.2 Å². The zero-order valence-corrected chi connectivity index (χ0v) is 20.0. The lowest BCUT2D eigenvalue weighted by molar-refractivity contribution is -0.125. The van der Waals surface area contributed by atoms with Crippen molar-refractivity contribution in [3.63, 3.8) is 0 Å². The topological polar surface area (TPSA) is 92.8 Å². The predicted octanol–water partition coefficient (Wildman–Crippen LogP) is 3.84. The Hall–Kier alpha value is -2.90. The van der Waals surface area contributed by atoms with Crippen molar-refractivity contribution >= 4 is 52.6 Å². The van der Waals surface area contributed by atoms with Gasteiger partial charge in [0.25, 0.3) is 5.91 Å². The Labute approximate surface area is 207 Å². The third-order valence-corrected chi connectivity index (χ3v) is 7.38. The predicted molar refractivity (Wildman–Crippen MR) is 128 cm³/mol. The highest BCUT2D eigenvalue weighted by molar-refractivity contribution is 6.31. The highest BCUT2D eigenvalue weighted by Gasteiger charge is 2.52. The number of amides is 3. The zero-order valence-electron chi connectivity index (χ0n) is 18.4. The van der Waals surface area contributed by atoms with Gasteiger partial charge in [0.05, 0.1) is 39.9 Å². The fourth-order valence-electron chi connectivity index (χ4n) is 4.42. The summed E-state index contributed by atoms with van der Waals surface area (Å²) in [4.78, 5) is 51.4. The molecular weight excluding hydrogens is 479 g/mol. The molecule has 0 unspecified atom stereocenters. The summed E-state index contributed by atoms with van der Waals surface area (Å²) < 4.78 is 5.11. The number of ether oxygens (including phenoxy) is 1. The molecule has 178 valence electrons. The molecule has 2 aromatic carbocycles. The molecule has 0 spiro atoms. The number of nitrogens with zero attached hydrogens (tertiary/aromatic N) is 1. The van der Waals surface area contributed by atoms with Crippen LogP contribution in [0.3, 0.4) is 0 Å². The van der Waals surface area contributed by atoms with E-state index in [1.807, 2.05) is 37.3 Å². The van der Waals surface area contributed by atoms with Crippen molar-refractivity contribution in [2.24, 2.45) is 11.8 Å². The van der Waals surface area contributed by atoms with Crippen molar-refractivity contribution in [3.8, 4) is 0 Å². The van der Waals surface area contributed by atoms with Gasteiger partial charge < -0.3 is 10.1 Å². The Kier molecular flexibility index (Phi) is 7.24. The number of anilines is 1. The summed E-state index contributed by atoms with van der Waals surface area (Å²) >= 11 is 12.4. The number of alkyl halides is 2. The number of fused-ring (bicyclic) bond motifs is 1. The van der Waals surface area contributed by atoms with Crippen molar-refractivity contribution in [2.45, 2.75) is 36.6 Å². The van der Waals surface area contributed by atoms with Crippen LogP contribution in [-0.4, -0.2) is 41.1 Å². The Morgan fingerprint density at radius 1 is 0.971 bits per heavy atom. The van der Waals surface area contributed by atoms with Gasteiger partial charge in [-0.05, 0) is 49.6 Å². The summed E-state index contributed by atoms with van der Waals surface area (Å²) in [5.41, 5.74) is 1.50. The van der Waals surface area contributed by atoms with Gasteiger partial charge in [0.1, 0.15) is 0 Å². The minimum atomic E-state index is -0.684. The van der Waals surface area contributed by atoms with Gasteiger partial charge in [0, 0.05) is 0 Å². The quantitative estimate of drug-likeness (QED) is 0.368. The minimum Gasteiger partial charge on any atom is -0.452 e. The fourth-order valence-corrected chi connectivity index (χ4v) is 5.01. The monoisotopic (exact) mass is 502 g/mol. The van der Waals surface area contributed by atoms with E-state index in [1.165, 1.54) is 24.3 Å². The van der Waals surface area contributed by atoms with Crippen LogP contribution in [0.1, 0.15) is 41.7 Å². The maximum absolute atomic E-state index is 12.9.